The molecule has 0 atom stereocenters. The lowest BCUT2D eigenvalue weighted by molar-refractivity contribution is -0.674. The van der Waals surface area contributed by atoms with E-state index in [0.29, 0.717) is 0 Å². The predicted octanol–water partition coefficient (Wildman–Crippen LogP) is 3.64. The smallest absolute Gasteiger partial charge is 0.254 e. The van der Waals surface area contributed by atoms with Gasteiger partial charge >= 0.3 is 0 Å². The van der Waals surface area contributed by atoms with E-state index in [-0.39, 0.29) is 0 Å². The highest BCUT2D eigenvalue weighted by Crippen LogP contribution is 2.27. The van der Waals surface area contributed by atoms with Crippen LogP contribution in [0, 0.1) is 6.92 Å². The summed E-state index contributed by atoms with van der Waals surface area (Å²) in [6.07, 6.45) is 0. The number of hydrogen-bond acceptors (Lipinski definition) is 0. The number of quaternary nitrogens is 1. The first-order valence-corrected chi connectivity index (χ1v) is 8.47. The van der Waals surface area contributed by atoms with Gasteiger partial charge in [-0.1, -0.05) is 0 Å². The second-order valence-electron chi connectivity index (χ2n) is 5.80. The average molecular weight is 289 g/mol. The third-order valence-electron chi connectivity index (χ3n) is 5.32. The molecule has 1 aromatic heterocycles. The van der Waals surface area contributed by atoms with E-state index in [1.54, 1.807) is 0 Å². The van der Waals surface area contributed by atoms with E-state index in [2.05, 4.69) is 68.9 Å². The van der Waals surface area contributed by atoms with Gasteiger partial charge in [-0.25, -0.2) is 9.13 Å². The van der Waals surface area contributed by atoms with Crippen molar-refractivity contribution in [3.63, 3.8) is 0 Å². The number of hydrogen-bond donors (Lipinski definition) is 0. The number of benzene rings is 1. The van der Waals surface area contributed by atoms with E-state index in [1.807, 2.05) is 0 Å². The van der Waals surface area contributed by atoms with Crippen LogP contribution in [-0.2, 0) is 13.1 Å². The topological polar surface area (TPSA) is 8.81 Å². The predicted molar refractivity (Wildman–Crippen MR) is 91.6 cm³/mol. The van der Waals surface area contributed by atoms with Gasteiger partial charge in [0.15, 0.2) is 11.0 Å². The summed E-state index contributed by atoms with van der Waals surface area (Å²) in [7, 11) is 0. The maximum Gasteiger partial charge on any atom is 0.254 e. The van der Waals surface area contributed by atoms with Crippen molar-refractivity contribution >= 4 is 16.7 Å². The molecule has 116 valence electrons. The first-order chi connectivity index (χ1) is 10.1. The zero-order valence-corrected chi connectivity index (χ0v) is 14.6. The third kappa shape index (κ3) is 2.38. The quantitative estimate of drug-likeness (QED) is 0.567. The van der Waals surface area contributed by atoms with Crippen molar-refractivity contribution in [3.05, 3.63) is 24.0 Å². The number of nitrogens with zero attached hydrogens (tertiary/aromatic N) is 3. The number of fused-ring (bicyclic) bond motifs is 1. The fourth-order valence-corrected chi connectivity index (χ4v) is 3.76. The Balaban J connectivity index is 2.71. The molecule has 0 fully saturated rings. The molecular formula is C18H31N3+2. The van der Waals surface area contributed by atoms with Gasteiger partial charge in [-0.3, -0.25) is 4.48 Å². The minimum atomic E-state index is 1.03. The van der Waals surface area contributed by atoms with Crippen molar-refractivity contribution in [3.8, 4) is 0 Å². The molecular weight excluding hydrogens is 258 g/mol. The highest BCUT2D eigenvalue weighted by atomic mass is 15.3. The van der Waals surface area contributed by atoms with Gasteiger partial charge in [-0.2, -0.15) is 0 Å². The maximum atomic E-state index is 2.44. The number of aromatic nitrogens is 2. The van der Waals surface area contributed by atoms with Crippen LogP contribution in [0.5, 0.6) is 0 Å². The van der Waals surface area contributed by atoms with E-state index in [9.17, 15) is 0 Å². The summed E-state index contributed by atoms with van der Waals surface area (Å²) in [4.78, 5) is 0. The van der Waals surface area contributed by atoms with E-state index < -0.39 is 0 Å². The normalized spacial score (nSPS) is 12.3. The summed E-state index contributed by atoms with van der Waals surface area (Å²) < 4.78 is 5.93. The number of imidazole rings is 1. The van der Waals surface area contributed by atoms with Crippen LogP contribution in [0.2, 0.25) is 0 Å². The maximum absolute atomic E-state index is 2.44. The molecule has 0 amide bonds. The molecule has 2 rings (SSSR count). The van der Waals surface area contributed by atoms with Gasteiger partial charge < -0.3 is 0 Å². The van der Waals surface area contributed by atoms with Crippen molar-refractivity contribution in [2.24, 2.45) is 0 Å². The standard InChI is InChI=1S/C18H31N3/c1-7-19-15(6)20(8-2)18-14-16(12-13-17(18)19)21(9-3,10-4)11-5/h12-14H,7-11H2,1-6H3/q+2. The zero-order valence-electron chi connectivity index (χ0n) is 14.6. The Morgan fingerprint density at radius 1 is 1.00 bits per heavy atom. The molecule has 21 heavy (non-hydrogen) atoms. The second-order valence-corrected chi connectivity index (χ2v) is 5.80. The van der Waals surface area contributed by atoms with E-state index >= 15 is 0 Å². The lowest BCUT2D eigenvalue weighted by Gasteiger charge is -2.35. The molecule has 0 radical (unpaired) electrons. The fourth-order valence-electron chi connectivity index (χ4n) is 3.76. The van der Waals surface area contributed by atoms with Crippen LogP contribution in [0.4, 0.5) is 5.69 Å². The van der Waals surface area contributed by atoms with E-state index in [4.69, 9.17) is 0 Å². The molecule has 0 saturated heterocycles. The lowest BCUT2D eigenvalue weighted by atomic mass is 10.2. The number of aryl methyl sites for hydroxylation is 2. The summed E-state index contributed by atoms with van der Waals surface area (Å²) in [5, 5.41) is 0. The minimum absolute atomic E-state index is 1.03. The van der Waals surface area contributed by atoms with Crippen LogP contribution >= 0.6 is 0 Å². The highest BCUT2D eigenvalue weighted by Gasteiger charge is 2.28. The summed E-state index contributed by atoms with van der Waals surface area (Å²) >= 11 is 0. The summed E-state index contributed by atoms with van der Waals surface area (Å²) in [5.74, 6) is 1.36. The van der Waals surface area contributed by atoms with Gasteiger partial charge in [0.05, 0.1) is 38.8 Å². The zero-order chi connectivity index (χ0) is 15.6. The van der Waals surface area contributed by atoms with Crippen LogP contribution in [0.3, 0.4) is 0 Å². The molecule has 3 heteroatoms. The van der Waals surface area contributed by atoms with Crippen molar-refractivity contribution in [2.75, 3.05) is 19.6 Å². The largest absolute Gasteiger partial charge is 0.292 e. The third-order valence-corrected chi connectivity index (χ3v) is 5.32. The summed E-state index contributed by atoms with van der Waals surface area (Å²) in [6, 6.07) is 7.08. The van der Waals surface area contributed by atoms with Crippen LogP contribution in [0.15, 0.2) is 18.2 Å². The summed E-state index contributed by atoms with van der Waals surface area (Å²) in [6.45, 7) is 19.1. The Morgan fingerprint density at radius 2 is 1.62 bits per heavy atom. The molecule has 3 nitrogen and oxygen atoms in total. The Bertz CT molecular complexity index is 613. The highest BCUT2D eigenvalue weighted by molar-refractivity contribution is 5.77. The van der Waals surface area contributed by atoms with Crippen molar-refractivity contribution in [2.45, 2.75) is 54.6 Å². The Morgan fingerprint density at radius 3 is 2.10 bits per heavy atom. The molecule has 0 spiro atoms. The van der Waals surface area contributed by atoms with Crippen LogP contribution in [-0.4, -0.2) is 24.2 Å². The number of rotatable bonds is 6. The van der Waals surface area contributed by atoms with Gasteiger partial charge in [-0.05, 0) is 40.7 Å². The Hall–Kier alpha value is -1.35. The Labute approximate surface area is 129 Å². The molecule has 0 bridgehead atoms. The molecule has 0 unspecified atom stereocenters. The molecule has 0 aliphatic carbocycles. The molecule has 0 aliphatic heterocycles. The van der Waals surface area contributed by atoms with Gasteiger partial charge in [0.1, 0.15) is 5.69 Å². The first kappa shape index (κ1) is 16.0. The van der Waals surface area contributed by atoms with Crippen molar-refractivity contribution in [1.29, 1.82) is 0 Å². The van der Waals surface area contributed by atoms with Gasteiger partial charge in [0.2, 0.25) is 0 Å². The monoisotopic (exact) mass is 289 g/mol. The van der Waals surface area contributed by atoms with Gasteiger partial charge in [-0.15, -0.1) is 0 Å². The fraction of sp³-hybridized carbons (Fsp3) is 0.611. The van der Waals surface area contributed by atoms with Gasteiger partial charge in [0.25, 0.3) is 5.82 Å². The van der Waals surface area contributed by atoms with E-state index in [1.165, 1.54) is 22.5 Å². The van der Waals surface area contributed by atoms with Crippen LogP contribution < -0.4 is 9.05 Å². The molecule has 0 N–H and O–H groups in total. The van der Waals surface area contributed by atoms with Gasteiger partial charge in [0, 0.05) is 13.0 Å². The summed E-state index contributed by atoms with van der Waals surface area (Å²) in [5.41, 5.74) is 4.19. The molecule has 1 heterocycles. The van der Waals surface area contributed by atoms with Crippen LogP contribution in [0.1, 0.15) is 40.4 Å². The average Bonchev–Trinajstić information content (AvgIpc) is 2.79. The Kier molecular flexibility index (Phi) is 4.72. The minimum Gasteiger partial charge on any atom is -0.292 e. The van der Waals surface area contributed by atoms with E-state index in [0.717, 1.165) is 37.2 Å². The molecule has 2 aromatic rings. The van der Waals surface area contributed by atoms with Crippen molar-refractivity contribution < 1.29 is 4.57 Å². The van der Waals surface area contributed by atoms with Crippen molar-refractivity contribution in [1.82, 2.24) is 9.05 Å². The first-order valence-electron chi connectivity index (χ1n) is 8.47. The SMILES string of the molecule is CCn1c(C)[n+](CC)c2ccc([N+](CC)(CC)CC)cc21. The lowest BCUT2D eigenvalue weighted by Crippen LogP contribution is -2.48. The second kappa shape index (κ2) is 6.18. The molecule has 0 aliphatic rings. The molecule has 1 aromatic carbocycles. The molecule has 0 saturated carbocycles. The van der Waals surface area contributed by atoms with Crippen LogP contribution in [0.25, 0.3) is 11.0 Å².